The molecule has 2 aliphatic rings. The van der Waals surface area contributed by atoms with Crippen LogP contribution in [0.25, 0.3) is 11.3 Å². The maximum absolute atomic E-state index is 12.9. The van der Waals surface area contributed by atoms with Gasteiger partial charge in [0.15, 0.2) is 0 Å². The fraction of sp³-hybridized carbons (Fsp3) is 0.368. The van der Waals surface area contributed by atoms with Gasteiger partial charge in [-0.1, -0.05) is 35.5 Å². The van der Waals surface area contributed by atoms with Crippen molar-refractivity contribution in [1.29, 1.82) is 0 Å². The molecule has 0 radical (unpaired) electrons. The van der Waals surface area contributed by atoms with E-state index in [4.69, 9.17) is 4.52 Å². The fourth-order valence-corrected chi connectivity index (χ4v) is 5.42. The van der Waals surface area contributed by atoms with E-state index in [2.05, 4.69) is 10.5 Å². The van der Waals surface area contributed by atoms with Gasteiger partial charge in [-0.3, -0.25) is 9.59 Å². The zero-order valence-corrected chi connectivity index (χ0v) is 16.8. The van der Waals surface area contributed by atoms with Gasteiger partial charge in [0.1, 0.15) is 34.5 Å². The normalized spacial score (nSPS) is 23.5. The predicted octanol–water partition coefficient (Wildman–Crippen LogP) is 0.422. The van der Waals surface area contributed by atoms with Gasteiger partial charge in [-0.05, 0) is 20.8 Å². The van der Waals surface area contributed by atoms with Gasteiger partial charge in [0.25, 0.3) is 5.91 Å². The molecule has 4 rings (SSSR count). The van der Waals surface area contributed by atoms with Crippen LogP contribution in [0, 0.1) is 6.92 Å². The maximum atomic E-state index is 12.9. The minimum absolute atomic E-state index is 0. The number of thioether (sulfide) groups is 1. The number of nitrogens with one attached hydrogen (secondary N) is 1. The molecule has 2 aromatic rings. The summed E-state index contributed by atoms with van der Waals surface area (Å²) in [4.78, 5) is 38.5. The quantitative estimate of drug-likeness (QED) is 0.515. The van der Waals surface area contributed by atoms with Crippen molar-refractivity contribution in [3.8, 4) is 11.3 Å². The van der Waals surface area contributed by atoms with E-state index < -0.39 is 34.1 Å². The molecule has 3 heterocycles. The van der Waals surface area contributed by atoms with Crippen molar-refractivity contribution in [1.82, 2.24) is 15.4 Å². The monoisotopic (exact) mass is 443 g/mol. The second kappa shape index (κ2) is 8.72. The van der Waals surface area contributed by atoms with Crippen molar-refractivity contribution in [3.05, 3.63) is 41.7 Å². The average Bonchev–Trinajstić information content (AvgIpc) is 3.15. The Balaban J connectivity index is 0.00000160. The standard InChI is InChI=1S/C19H19N3O5S.Na.H2O.H/c1-9-11(12(21-27-9)10-7-5-4-6-8-10)15(23)20-13-16(24)22-14(18(25)26)19(2,3)28-17(13)22;;;/h4-8,13-14,17H,1-3H3,(H,20,23)(H,25,26);;1H2;/t13-,14+,17-;;;/m1.../s1. The van der Waals surface area contributed by atoms with Crippen LogP contribution in [0.4, 0.5) is 0 Å². The zero-order valence-electron chi connectivity index (χ0n) is 16.0. The number of aromatic nitrogens is 1. The number of fused-ring (bicyclic) bond motifs is 1. The summed E-state index contributed by atoms with van der Waals surface area (Å²) in [5, 5.41) is 15.8. The minimum atomic E-state index is -1.04. The number of aryl methyl sites for hydroxylation is 1. The molecule has 156 valence electrons. The Hall–Kier alpha value is -1.85. The Kier molecular flexibility index (Phi) is 7.10. The van der Waals surface area contributed by atoms with Gasteiger partial charge in [0, 0.05) is 10.3 Å². The number of carbonyl (C=O) groups is 3. The number of hydrogen-bond acceptors (Lipinski definition) is 6. The molecule has 2 saturated heterocycles. The Morgan fingerprint density at radius 3 is 2.50 bits per heavy atom. The van der Waals surface area contributed by atoms with Crippen LogP contribution in [0.1, 0.15) is 30.0 Å². The second-order valence-corrected chi connectivity index (χ2v) is 9.15. The summed E-state index contributed by atoms with van der Waals surface area (Å²) in [6.45, 7) is 5.22. The molecule has 3 atom stereocenters. The van der Waals surface area contributed by atoms with Crippen molar-refractivity contribution in [2.45, 2.75) is 43.0 Å². The van der Waals surface area contributed by atoms with Gasteiger partial charge in [-0.15, -0.1) is 11.8 Å². The summed E-state index contributed by atoms with van der Waals surface area (Å²) in [6, 6.07) is 7.46. The van der Waals surface area contributed by atoms with Gasteiger partial charge in [0.2, 0.25) is 5.91 Å². The SMILES string of the molecule is Cc1onc(-c2ccccc2)c1C(=O)N[C@@H]1C(=O)N2[C@@H]1SC(C)(C)[C@@H]2C(=O)O.O.[NaH]. The van der Waals surface area contributed by atoms with Crippen molar-refractivity contribution >= 4 is 59.1 Å². The summed E-state index contributed by atoms with van der Waals surface area (Å²) >= 11 is 1.38. The molecule has 1 aromatic carbocycles. The van der Waals surface area contributed by atoms with Gasteiger partial charge >= 0.3 is 35.5 Å². The molecular formula is C19H22N3NaO6S. The summed E-state index contributed by atoms with van der Waals surface area (Å²) < 4.78 is 4.57. The van der Waals surface area contributed by atoms with Crippen LogP contribution in [0.5, 0.6) is 0 Å². The van der Waals surface area contributed by atoms with E-state index in [1.54, 1.807) is 20.8 Å². The number of hydrogen-bond donors (Lipinski definition) is 2. The first-order valence-corrected chi connectivity index (χ1v) is 9.65. The Bertz CT molecular complexity index is 980. The number of nitrogens with zero attached hydrogens (tertiary/aromatic N) is 2. The Morgan fingerprint density at radius 2 is 1.90 bits per heavy atom. The number of carboxylic acid groups (broad SMARTS) is 1. The van der Waals surface area contributed by atoms with E-state index in [-0.39, 0.29) is 46.5 Å². The van der Waals surface area contributed by atoms with Crippen LogP contribution in [-0.4, -0.2) is 90.2 Å². The van der Waals surface area contributed by atoms with Crippen LogP contribution in [0.15, 0.2) is 34.9 Å². The Morgan fingerprint density at radius 1 is 1.27 bits per heavy atom. The van der Waals surface area contributed by atoms with E-state index in [1.165, 1.54) is 16.7 Å². The third-order valence-electron chi connectivity index (χ3n) is 5.10. The van der Waals surface area contributed by atoms with Crippen LogP contribution in [0.3, 0.4) is 0 Å². The van der Waals surface area contributed by atoms with Gasteiger partial charge in [-0.2, -0.15) is 0 Å². The zero-order chi connectivity index (χ0) is 20.2. The number of benzene rings is 1. The fourth-order valence-electron chi connectivity index (χ4n) is 3.79. The first-order chi connectivity index (χ1) is 13.2. The number of amides is 2. The number of aliphatic carboxylic acids is 1. The predicted molar refractivity (Wildman–Crippen MR) is 112 cm³/mol. The molecule has 2 amide bonds. The van der Waals surface area contributed by atoms with Crippen LogP contribution in [-0.2, 0) is 9.59 Å². The number of carboxylic acids is 1. The van der Waals surface area contributed by atoms with E-state index in [0.717, 1.165) is 5.56 Å². The molecule has 2 fully saturated rings. The summed E-state index contributed by atoms with van der Waals surface area (Å²) in [7, 11) is 0. The third-order valence-corrected chi connectivity index (χ3v) is 6.67. The molecule has 2 aliphatic heterocycles. The Labute approximate surface area is 199 Å². The average molecular weight is 443 g/mol. The van der Waals surface area contributed by atoms with Gasteiger partial charge < -0.3 is 25.3 Å². The van der Waals surface area contributed by atoms with Crippen LogP contribution in [0.2, 0.25) is 0 Å². The van der Waals surface area contributed by atoms with Crippen molar-refractivity contribution in [2.75, 3.05) is 0 Å². The summed E-state index contributed by atoms with van der Waals surface area (Å²) in [5.41, 5.74) is 1.41. The number of rotatable bonds is 4. The first kappa shape index (κ1) is 24.4. The summed E-state index contributed by atoms with van der Waals surface area (Å²) in [6.07, 6.45) is 0. The van der Waals surface area contributed by atoms with E-state index in [1.807, 2.05) is 30.3 Å². The molecule has 30 heavy (non-hydrogen) atoms. The van der Waals surface area contributed by atoms with Crippen molar-refractivity contribution in [3.63, 3.8) is 0 Å². The van der Waals surface area contributed by atoms with E-state index >= 15 is 0 Å². The molecule has 0 spiro atoms. The third kappa shape index (κ3) is 3.78. The molecule has 11 heteroatoms. The molecule has 4 N–H and O–H groups in total. The van der Waals surface area contributed by atoms with E-state index in [0.29, 0.717) is 11.5 Å². The van der Waals surface area contributed by atoms with Gasteiger partial charge in [-0.25, -0.2) is 4.79 Å². The molecule has 9 nitrogen and oxygen atoms in total. The molecular weight excluding hydrogens is 421 g/mol. The van der Waals surface area contributed by atoms with Gasteiger partial charge in [0.05, 0.1) is 0 Å². The first-order valence-electron chi connectivity index (χ1n) is 8.77. The topological polar surface area (TPSA) is 144 Å². The van der Waals surface area contributed by atoms with Crippen molar-refractivity contribution < 1.29 is 29.5 Å². The molecule has 0 aliphatic carbocycles. The van der Waals surface area contributed by atoms with Crippen LogP contribution < -0.4 is 5.32 Å². The number of carbonyl (C=O) groups excluding carboxylic acids is 2. The second-order valence-electron chi connectivity index (χ2n) is 7.38. The number of β-lactam (4-membered cyclic amide) rings is 1. The molecule has 0 bridgehead atoms. The molecule has 0 saturated carbocycles. The summed E-state index contributed by atoms with van der Waals surface area (Å²) in [5.74, 6) is -1.55. The molecule has 0 unspecified atom stereocenters. The van der Waals surface area contributed by atoms with Crippen LogP contribution >= 0.6 is 11.8 Å². The molecule has 1 aromatic heterocycles. The van der Waals surface area contributed by atoms with Crippen molar-refractivity contribution in [2.24, 2.45) is 0 Å². The van der Waals surface area contributed by atoms with E-state index in [9.17, 15) is 19.5 Å².